The first-order valence-electron chi connectivity index (χ1n) is 11.6. The average Bonchev–Trinajstić information content (AvgIpc) is 2.87. The molecule has 2 aromatic carbocycles. The number of carbonyl (C=O) groups excluding carboxylic acids is 2. The van der Waals surface area contributed by atoms with Gasteiger partial charge in [0.25, 0.3) is 11.8 Å². The van der Waals surface area contributed by atoms with Crippen molar-refractivity contribution >= 4 is 23.2 Å². The number of nitro groups is 2. The number of para-hydroxylation sites is 4. The van der Waals surface area contributed by atoms with Gasteiger partial charge in [-0.05, 0) is 25.0 Å². The minimum absolute atomic E-state index is 0.0570. The summed E-state index contributed by atoms with van der Waals surface area (Å²) in [5.41, 5.74) is -0.367. The normalized spacial score (nSPS) is 10.3. The van der Waals surface area contributed by atoms with Crippen LogP contribution >= 0.6 is 0 Å². The van der Waals surface area contributed by atoms with Crippen molar-refractivity contribution in [2.45, 2.75) is 38.5 Å². The number of benzene rings is 2. The van der Waals surface area contributed by atoms with Gasteiger partial charge in [-0.3, -0.25) is 29.8 Å². The number of rotatable bonds is 17. The molecule has 0 saturated carbocycles. The Hall–Kier alpha value is -4.22. The van der Waals surface area contributed by atoms with Gasteiger partial charge in [0, 0.05) is 25.2 Å². The van der Waals surface area contributed by atoms with Gasteiger partial charge in [-0.15, -0.1) is 0 Å². The van der Waals surface area contributed by atoms with Crippen molar-refractivity contribution in [3.63, 3.8) is 0 Å². The Bertz CT molecular complexity index is 949. The molecule has 0 bridgehead atoms. The molecule has 2 N–H and O–H groups in total. The summed E-state index contributed by atoms with van der Waals surface area (Å²) in [4.78, 5) is 44.5. The lowest BCUT2D eigenvalue weighted by Gasteiger charge is -2.08. The Balaban J connectivity index is 1.45. The number of ether oxygens (including phenoxy) is 2. The molecule has 0 heterocycles. The first kappa shape index (κ1) is 28.0. The lowest BCUT2D eigenvalue weighted by Crippen LogP contribution is -2.29. The Morgan fingerprint density at radius 2 is 1.00 bits per heavy atom. The Morgan fingerprint density at radius 3 is 1.39 bits per heavy atom. The van der Waals surface area contributed by atoms with Crippen LogP contribution in [0.2, 0.25) is 0 Å². The highest BCUT2D eigenvalue weighted by atomic mass is 16.6. The minimum Gasteiger partial charge on any atom is -0.477 e. The predicted molar refractivity (Wildman–Crippen MR) is 131 cm³/mol. The third kappa shape index (κ3) is 10.4. The van der Waals surface area contributed by atoms with E-state index in [4.69, 9.17) is 9.47 Å². The summed E-state index contributed by atoms with van der Waals surface area (Å²) in [5, 5.41) is 27.3. The van der Waals surface area contributed by atoms with E-state index < -0.39 is 9.85 Å². The fraction of sp³-hybridized carbons (Fsp3) is 0.417. The highest BCUT2D eigenvalue weighted by Gasteiger charge is 2.15. The van der Waals surface area contributed by atoms with E-state index in [0.29, 0.717) is 13.1 Å². The third-order valence-corrected chi connectivity index (χ3v) is 5.09. The monoisotopic (exact) mass is 502 g/mol. The second-order valence-electron chi connectivity index (χ2n) is 7.85. The molecule has 0 fully saturated rings. The molecule has 0 radical (unpaired) electrons. The van der Waals surface area contributed by atoms with Gasteiger partial charge >= 0.3 is 11.4 Å². The fourth-order valence-electron chi connectivity index (χ4n) is 3.26. The maximum Gasteiger partial charge on any atom is 0.310 e. The van der Waals surface area contributed by atoms with Crippen LogP contribution in [-0.2, 0) is 9.59 Å². The maximum absolute atomic E-state index is 11.9. The van der Waals surface area contributed by atoms with Gasteiger partial charge < -0.3 is 20.1 Å². The van der Waals surface area contributed by atoms with Gasteiger partial charge in [0.2, 0.25) is 0 Å². The number of carbonyl (C=O) groups is 2. The van der Waals surface area contributed by atoms with Crippen molar-refractivity contribution < 1.29 is 28.9 Å². The molecule has 0 aliphatic heterocycles. The van der Waals surface area contributed by atoms with E-state index in [1.807, 2.05) is 0 Å². The van der Waals surface area contributed by atoms with E-state index in [0.717, 1.165) is 38.5 Å². The number of hydrogen-bond donors (Lipinski definition) is 2. The number of nitro benzene ring substituents is 2. The number of nitrogens with one attached hydrogen (secondary N) is 2. The van der Waals surface area contributed by atoms with Crippen molar-refractivity contribution in [3.05, 3.63) is 68.8 Å². The van der Waals surface area contributed by atoms with Crippen molar-refractivity contribution in [1.82, 2.24) is 10.6 Å². The van der Waals surface area contributed by atoms with E-state index in [-0.39, 0.29) is 47.9 Å². The Kier molecular flexibility index (Phi) is 12.2. The summed E-state index contributed by atoms with van der Waals surface area (Å²) >= 11 is 0. The molecule has 36 heavy (non-hydrogen) atoms. The van der Waals surface area contributed by atoms with Gasteiger partial charge in [-0.25, -0.2) is 0 Å². The van der Waals surface area contributed by atoms with Crippen LogP contribution in [-0.4, -0.2) is 48.0 Å². The number of nitrogens with zero attached hydrogens (tertiary/aromatic N) is 2. The van der Waals surface area contributed by atoms with Crippen LogP contribution in [0.15, 0.2) is 48.5 Å². The minimum atomic E-state index is -0.558. The third-order valence-electron chi connectivity index (χ3n) is 5.09. The highest BCUT2D eigenvalue weighted by molar-refractivity contribution is 5.78. The zero-order chi connectivity index (χ0) is 26.2. The molecule has 194 valence electrons. The quantitative estimate of drug-likeness (QED) is 0.188. The summed E-state index contributed by atoms with van der Waals surface area (Å²) in [6.07, 6.45) is 5.44. The van der Waals surface area contributed by atoms with Crippen molar-refractivity contribution in [3.8, 4) is 11.5 Å². The number of amides is 2. The van der Waals surface area contributed by atoms with Gasteiger partial charge in [-0.2, -0.15) is 0 Å². The predicted octanol–water partition coefficient (Wildman–Crippen LogP) is 3.53. The molecule has 2 amide bonds. The number of hydrogen-bond acceptors (Lipinski definition) is 8. The zero-order valence-electron chi connectivity index (χ0n) is 19.9. The molecular weight excluding hydrogens is 472 g/mol. The Morgan fingerprint density at radius 1 is 0.639 bits per heavy atom. The van der Waals surface area contributed by atoms with Crippen LogP contribution in [0, 0.1) is 20.2 Å². The van der Waals surface area contributed by atoms with E-state index >= 15 is 0 Å². The molecule has 12 nitrogen and oxygen atoms in total. The van der Waals surface area contributed by atoms with Crippen molar-refractivity contribution in [2.75, 3.05) is 26.3 Å². The second kappa shape index (κ2) is 15.6. The lowest BCUT2D eigenvalue weighted by molar-refractivity contribution is -0.386. The van der Waals surface area contributed by atoms with Crippen molar-refractivity contribution in [1.29, 1.82) is 0 Å². The molecular formula is C24H30N4O8. The average molecular weight is 503 g/mol. The standard InChI is InChI=1S/C24H30N4O8/c29-23(17-35-21-13-7-5-11-19(21)27(31)32)25-15-9-3-1-2-4-10-16-26-24(30)18-36-22-14-8-6-12-20(22)28(33)34/h5-8,11-14H,1-4,9-10,15-18H2,(H,25,29)(H,26,30). The van der Waals surface area contributed by atoms with Crippen molar-refractivity contribution in [2.24, 2.45) is 0 Å². The van der Waals surface area contributed by atoms with Crippen LogP contribution in [0.25, 0.3) is 0 Å². The molecule has 0 saturated heterocycles. The smallest absolute Gasteiger partial charge is 0.310 e. The van der Waals surface area contributed by atoms with Gasteiger partial charge in [0.1, 0.15) is 0 Å². The van der Waals surface area contributed by atoms with E-state index in [2.05, 4.69) is 10.6 Å². The largest absolute Gasteiger partial charge is 0.477 e. The topological polar surface area (TPSA) is 163 Å². The molecule has 2 aromatic rings. The molecule has 0 aliphatic rings. The van der Waals surface area contributed by atoms with Gasteiger partial charge in [-0.1, -0.05) is 49.9 Å². The first-order chi connectivity index (χ1) is 17.4. The highest BCUT2D eigenvalue weighted by Crippen LogP contribution is 2.26. The molecule has 2 rings (SSSR count). The summed E-state index contributed by atoms with van der Waals surface area (Å²) in [6.45, 7) is 0.414. The van der Waals surface area contributed by atoms with Crippen LogP contribution in [0.4, 0.5) is 11.4 Å². The SMILES string of the molecule is O=C(COc1ccccc1[N+](=O)[O-])NCCCCCCCCNC(=O)COc1ccccc1[N+](=O)[O-]. The fourth-order valence-corrected chi connectivity index (χ4v) is 3.26. The lowest BCUT2D eigenvalue weighted by atomic mass is 10.1. The molecule has 0 spiro atoms. The van der Waals surface area contributed by atoms with E-state index in [9.17, 15) is 29.8 Å². The molecule has 0 aromatic heterocycles. The first-order valence-corrected chi connectivity index (χ1v) is 11.6. The second-order valence-corrected chi connectivity index (χ2v) is 7.85. The zero-order valence-corrected chi connectivity index (χ0v) is 19.9. The van der Waals surface area contributed by atoms with Crippen LogP contribution < -0.4 is 20.1 Å². The molecule has 0 aliphatic carbocycles. The van der Waals surface area contributed by atoms with Gasteiger partial charge in [0.05, 0.1) is 9.85 Å². The maximum atomic E-state index is 11.9. The molecule has 12 heteroatoms. The van der Waals surface area contributed by atoms with E-state index in [1.54, 1.807) is 12.1 Å². The summed E-state index contributed by atoms with van der Waals surface area (Å²) in [5.74, 6) is -0.562. The molecule has 0 unspecified atom stereocenters. The van der Waals surface area contributed by atoms with Crippen LogP contribution in [0.3, 0.4) is 0 Å². The summed E-state index contributed by atoms with van der Waals surface area (Å²) in [6, 6.07) is 11.8. The summed E-state index contributed by atoms with van der Waals surface area (Å²) in [7, 11) is 0. The van der Waals surface area contributed by atoms with Gasteiger partial charge in [0.15, 0.2) is 24.7 Å². The number of unbranched alkanes of at least 4 members (excludes halogenated alkanes) is 5. The Labute approximate surface area is 208 Å². The molecule has 0 atom stereocenters. The summed E-state index contributed by atoms with van der Waals surface area (Å²) < 4.78 is 10.5. The van der Waals surface area contributed by atoms with Crippen LogP contribution in [0.5, 0.6) is 11.5 Å². The van der Waals surface area contributed by atoms with E-state index in [1.165, 1.54) is 36.4 Å². The van der Waals surface area contributed by atoms with Crippen LogP contribution in [0.1, 0.15) is 38.5 Å².